The van der Waals surface area contributed by atoms with Gasteiger partial charge in [-0.25, -0.2) is 0 Å². The first-order chi connectivity index (χ1) is 9.91. The molecule has 0 aliphatic carbocycles. The number of hydrogen-bond donors (Lipinski definition) is 2. The third-order valence-corrected chi connectivity index (χ3v) is 4.53. The van der Waals surface area contributed by atoms with Crippen LogP contribution in [-0.2, 0) is 4.79 Å². The normalized spacial score (nSPS) is 12.7. The molecule has 0 saturated heterocycles. The van der Waals surface area contributed by atoms with Gasteiger partial charge in [-0.1, -0.05) is 91.4 Å². The quantitative estimate of drug-likeness (QED) is 0.443. The maximum atomic E-state index is 10.9. The summed E-state index contributed by atoms with van der Waals surface area (Å²) in [4.78, 5) is 10.9. The second kappa shape index (κ2) is 14.0. The van der Waals surface area contributed by atoms with Crippen molar-refractivity contribution in [2.45, 2.75) is 104 Å². The summed E-state index contributed by atoms with van der Waals surface area (Å²) in [6.45, 7) is 6.18. The van der Waals surface area contributed by atoms with Crippen LogP contribution in [0.2, 0.25) is 0 Å². The summed E-state index contributed by atoms with van der Waals surface area (Å²) in [7, 11) is 0. The van der Waals surface area contributed by atoms with E-state index in [4.69, 9.17) is 10.8 Å². The lowest BCUT2D eigenvalue weighted by atomic mass is 9.80. The largest absolute Gasteiger partial charge is 0.870 e. The molecule has 0 aromatic carbocycles. The number of carboxylic acid groups (broad SMARTS) is 1. The van der Waals surface area contributed by atoms with Gasteiger partial charge >= 0.3 is 5.97 Å². The van der Waals surface area contributed by atoms with Crippen LogP contribution in [-0.4, -0.2) is 22.6 Å². The Balaban J connectivity index is 0. The molecule has 1 unspecified atom stereocenters. The van der Waals surface area contributed by atoms with Gasteiger partial charge in [-0.05, 0) is 11.8 Å². The highest BCUT2D eigenvalue weighted by Gasteiger charge is 2.31. The Morgan fingerprint density at radius 1 is 0.909 bits per heavy atom. The van der Waals surface area contributed by atoms with Gasteiger partial charge in [0.05, 0.1) is 0 Å². The molecule has 1 atom stereocenters. The SMILES string of the molecule is CCCCCCCCCCCCCC(C)(C)C(N)C(=O)O.[OH-]. The molecule has 0 heterocycles. The highest BCUT2D eigenvalue weighted by molar-refractivity contribution is 5.74. The van der Waals surface area contributed by atoms with Crippen molar-refractivity contribution in [3.05, 3.63) is 0 Å². The second-order valence-electron chi connectivity index (χ2n) is 7.09. The van der Waals surface area contributed by atoms with Gasteiger partial charge in [0.25, 0.3) is 0 Å². The third-order valence-electron chi connectivity index (χ3n) is 4.53. The van der Waals surface area contributed by atoms with Crippen LogP contribution >= 0.6 is 0 Å². The molecule has 22 heavy (non-hydrogen) atoms. The number of aliphatic carboxylic acids is 1. The van der Waals surface area contributed by atoms with Crippen LogP contribution in [0, 0.1) is 5.41 Å². The topological polar surface area (TPSA) is 93.3 Å². The van der Waals surface area contributed by atoms with Crippen LogP contribution in [0.3, 0.4) is 0 Å². The average molecular weight is 317 g/mol. The number of nitrogens with two attached hydrogens (primary N) is 1. The van der Waals surface area contributed by atoms with Crippen molar-refractivity contribution in [3.8, 4) is 0 Å². The summed E-state index contributed by atoms with van der Waals surface area (Å²) >= 11 is 0. The minimum absolute atomic E-state index is 0. The number of carboxylic acids is 1. The predicted molar refractivity (Wildman–Crippen MR) is 92.4 cm³/mol. The van der Waals surface area contributed by atoms with Crippen LogP contribution < -0.4 is 5.73 Å². The fourth-order valence-corrected chi connectivity index (χ4v) is 2.73. The van der Waals surface area contributed by atoms with Gasteiger partial charge in [0.2, 0.25) is 0 Å². The van der Waals surface area contributed by atoms with Crippen molar-refractivity contribution < 1.29 is 15.4 Å². The van der Waals surface area contributed by atoms with Crippen LogP contribution in [0.15, 0.2) is 0 Å². The second-order valence-corrected chi connectivity index (χ2v) is 7.09. The maximum Gasteiger partial charge on any atom is 0.321 e. The summed E-state index contributed by atoms with van der Waals surface area (Å²) in [6.07, 6.45) is 15.4. The zero-order valence-electron chi connectivity index (χ0n) is 14.9. The van der Waals surface area contributed by atoms with Gasteiger partial charge in [-0.2, -0.15) is 0 Å². The molecule has 0 amide bonds. The molecule has 0 radical (unpaired) electrons. The number of rotatable bonds is 14. The molecule has 0 aromatic heterocycles. The van der Waals surface area contributed by atoms with Crippen LogP contribution in [0.1, 0.15) is 97.8 Å². The van der Waals surface area contributed by atoms with Crippen molar-refractivity contribution in [2.75, 3.05) is 0 Å². The average Bonchev–Trinajstić information content (AvgIpc) is 2.43. The zero-order valence-corrected chi connectivity index (χ0v) is 14.9. The Labute approximate surface area is 137 Å². The van der Waals surface area contributed by atoms with E-state index in [1.54, 1.807) is 0 Å². The molecule has 0 aromatic rings. The number of hydrogen-bond acceptors (Lipinski definition) is 3. The number of carbonyl (C=O) groups is 1. The van der Waals surface area contributed by atoms with E-state index in [-0.39, 0.29) is 10.9 Å². The van der Waals surface area contributed by atoms with Gasteiger partial charge in [0.15, 0.2) is 0 Å². The Bertz CT molecular complexity index is 267. The summed E-state index contributed by atoms with van der Waals surface area (Å²) in [5, 5.41) is 8.97. The number of unbranched alkanes of at least 4 members (excludes halogenated alkanes) is 10. The van der Waals surface area contributed by atoms with Gasteiger partial charge in [-0.3, -0.25) is 4.79 Å². The highest BCUT2D eigenvalue weighted by atomic mass is 16.4. The Hall–Kier alpha value is -0.610. The van der Waals surface area contributed by atoms with Gasteiger partial charge in [0, 0.05) is 0 Å². The summed E-state index contributed by atoms with van der Waals surface area (Å²) in [5.74, 6) is -0.886. The first-order valence-electron chi connectivity index (χ1n) is 8.90. The fraction of sp³-hybridized carbons (Fsp3) is 0.944. The molecule has 4 nitrogen and oxygen atoms in total. The smallest absolute Gasteiger partial charge is 0.321 e. The molecule has 0 saturated carbocycles. The monoisotopic (exact) mass is 316 g/mol. The van der Waals surface area contributed by atoms with Crippen molar-refractivity contribution in [1.82, 2.24) is 0 Å². The fourth-order valence-electron chi connectivity index (χ4n) is 2.73. The van der Waals surface area contributed by atoms with Crippen molar-refractivity contribution in [1.29, 1.82) is 0 Å². The molecular weight excluding hydrogens is 278 g/mol. The molecule has 0 aliphatic heterocycles. The van der Waals surface area contributed by atoms with E-state index in [0.29, 0.717) is 0 Å². The molecule has 0 rings (SSSR count). The maximum absolute atomic E-state index is 10.9. The van der Waals surface area contributed by atoms with Crippen LogP contribution in [0.5, 0.6) is 0 Å². The molecule has 4 heteroatoms. The van der Waals surface area contributed by atoms with E-state index >= 15 is 0 Å². The summed E-state index contributed by atoms with van der Waals surface area (Å²) in [5.41, 5.74) is 5.42. The highest BCUT2D eigenvalue weighted by Crippen LogP contribution is 2.27. The van der Waals surface area contributed by atoms with E-state index in [0.717, 1.165) is 12.8 Å². The molecule has 134 valence electrons. The van der Waals surface area contributed by atoms with Crippen molar-refractivity contribution >= 4 is 5.97 Å². The van der Waals surface area contributed by atoms with E-state index in [2.05, 4.69) is 6.92 Å². The molecule has 4 N–H and O–H groups in total. The van der Waals surface area contributed by atoms with Crippen LogP contribution in [0.4, 0.5) is 0 Å². The summed E-state index contributed by atoms with van der Waals surface area (Å²) < 4.78 is 0. The lowest BCUT2D eigenvalue weighted by molar-refractivity contribution is -0.141. The lowest BCUT2D eigenvalue weighted by Gasteiger charge is -2.28. The molecule has 0 bridgehead atoms. The van der Waals surface area contributed by atoms with E-state index in [1.165, 1.54) is 64.2 Å². The van der Waals surface area contributed by atoms with Crippen molar-refractivity contribution in [3.63, 3.8) is 0 Å². The third kappa shape index (κ3) is 12.0. The van der Waals surface area contributed by atoms with Gasteiger partial charge < -0.3 is 16.3 Å². The minimum atomic E-state index is -0.886. The van der Waals surface area contributed by atoms with Crippen LogP contribution in [0.25, 0.3) is 0 Å². The molecular formula is C18H38NO3-. The van der Waals surface area contributed by atoms with Gasteiger partial charge in [0.1, 0.15) is 6.04 Å². The van der Waals surface area contributed by atoms with E-state index in [1.807, 2.05) is 13.8 Å². The Morgan fingerprint density at radius 2 is 1.27 bits per heavy atom. The van der Waals surface area contributed by atoms with Crippen molar-refractivity contribution in [2.24, 2.45) is 11.1 Å². The van der Waals surface area contributed by atoms with E-state index in [9.17, 15) is 4.79 Å². The first kappa shape index (κ1) is 23.7. The zero-order chi connectivity index (χ0) is 16.1. The van der Waals surface area contributed by atoms with Gasteiger partial charge in [-0.15, -0.1) is 0 Å². The lowest BCUT2D eigenvalue weighted by Crippen LogP contribution is -2.43. The first-order valence-corrected chi connectivity index (χ1v) is 8.90. The minimum Gasteiger partial charge on any atom is -0.870 e. The Kier molecular flexibility index (Phi) is 15.1. The molecule has 0 aliphatic rings. The van der Waals surface area contributed by atoms with E-state index < -0.39 is 12.0 Å². The molecule has 0 fully saturated rings. The summed E-state index contributed by atoms with van der Waals surface area (Å²) in [6, 6.07) is -0.749. The Morgan fingerprint density at radius 3 is 1.64 bits per heavy atom. The standard InChI is InChI=1S/C18H37NO2.H2O/c1-4-5-6-7-8-9-10-11-12-13-14-15-18(2,3)16(19)17(20)21;/h16H,4-15,19H2,1-3H3,(H,20,21);1H2/p-1. The predicted octanol–water partition coefficient (Wildman–Crippen LogP) is 4.95. The molecule has 0 spiro atoms.